The van der Waals surface area contributed by atoms with Gasteiger partial charge in [0.05, 0.1) is 12.6 Å². The van der Waals surface area contributed by atoms with E-state index in [1.807, 2.05) is 19.2 Å². The molecule has 0 radical (unpaired) electrons. The third-order valence-electron chi connectivity index (χ3n) is 2.11. The molecule has 1 unspecified atom stereocenters. The van der Waals surface area contributed by atoms with Crippen molar-refractivity contribution in [3.8, 4) is 0 Å². The van der Waals surface area contributed by atoms with E-state index in [1.165, 1.54) is 11.8 Å². The normalized spacial score (nSPS) is 12.5. The summed E-state index contributed by atoms with van der Waals surface area (Å²) in [6, 6.07) is -1.66. The van der Waals surface area contributed by atoms with Gasteiger partial charge in [0.15, 0.2) is 0 Å². The molecule has 0 saturated heterocycles. The van der Waals surface area contributed by atoms with Crippen molar-refractivity contribution in [2.24, 2.45) is 11.7 Å². The van der Waals surface area contributed by atoms with Crippen LogP contribution in [-0.4, -0.2) is 47.0 Å². The van der Waals surface area contributed by atoms with Crippen molar-refractivity contribution in [2.75, 3.05) is 13.1 Å². The first-order chi connectivity index (χ1) is 7.73. The predicted molar refractivity (Wildman–Crippen MR) is 61.2 cm³/mol. The molecule has 98 valence electrons. The lowest BCUT2D eigenvalue weighted by Gasteiger charge is -2.27. The summed E-state index contributed by atoms with van der Waals surface area (Å²) in [4.78, 5) is 34.2. The van der Waals surface area contributed by atoms with Gasteiger partial charge in [-0.05, 0) is 12.8 Å². The number of nitrogens with two attached hydrogens (primary N) is 1. The average Bonchev–Trinajstić information content (AvgIpc) is 2.12. The SMILES string of the molecule is CC(C)CN(CC(=O)O)C(C)C(=O)NC(N)=O. The Morgan fingerprint density at radius 3 is 2.18 bits per heavy atom. The number of aliphatic carboxylic acids is 1. The lowest BCUT2D eigenvalue weighted by atomic mass is 10.1. The number of rotatable bonds is 6. The molecule has 0 fully saturated rings. The molecule has 0 aliphatic heterocycles. The van der Waals surface area contributed by atoms with E-state index in [1.54, 1.807) is 0 Å². The Labute approximate surface area is 100.0 Å². The minimum Gasteiger partial charge on any atom is -0.480 e. The fourth-order valence-electron chi connectivity index (χ4n) is 1.39. The first kappa shape index (κ1) is 15.4. The van der Waals surface area contributed by atoms with E-state index < -0.39 is 23.9 Å². The van der Waals surface area contributed by atoms with E-state index in [0.29, 0.717) is 6.54 Å². The van der Waals surface area contributed by atoms with Gasteiger partial charge in [-0.1, -0.05) is 13.8 Å². The molecule has 0 aliphatic carbocycles. The highest BCUT2D eigenvalue weighted by Gasteiger charge is 2.24. The molecule has 0 bridgehead atoms. The number of carboxylic acid groups (broad SMARTS) is 1. The molecule has 0 saturated carbocycles. The van der Waals surface area contributed by atoms with Crippen LogP contribution in [0.4, 0.5) is 4.79 Å². The quantitative estimate of drug-likeness (QED) is 0.590. The van der Waals surface area contributed by atoms with Crippen LogP contribution in [0, 0.1) is 5.92 Å². The van der Waals surface area contributed by atoms with Crippen LogP contribution in [0.3, 0.4) is 0 Å². The van der Waals surface area contributed by atoms with Crippen molar-refractivity contribution >= 4 is 17.9 Å². The average molecular weight is 245 g/mol. The molecule has 0 aromatic heterocycles. The first-order valence-corrected chi connectivity index (χ1v) is 5.30. The van der Waals surface area contributed by atoms with Gasteiger partial charge >= 0.3 is 12.0 Å². The molecule has 17 heavy (non-hydrogen) atoms. The standard InChI is InChI=1S/C10H19N3O4/c1-6(2)4-13(5-8(14)15)7(3)9(16)12-10(11)17/h6-7H,4-5H2,1-3H3,(H,14,15)(H3,11,12,16,17). The van der Waals surface area contributed by atoms with Crippen molar-refractivity contribution in [1.82, 2.24) is 10.2 Å². The zero-order valence-corrected chi connectivity index (χ0v) is 10.3. The molecule has 3 amide bonds. The summed E-state index contributed by atoms with van der Waals surface area (Å²) in [6.45, 7) is 5.54. The Bertz CT molecular complexity index is 304. The molecule has 0 heterocycles. The fourth-order valence-corrected chi connectivity index (χ4v) is 1.39. The maximum Gasteiger partial charge on any atom is 0.318 e. The van der Waals surface area contributed by atoms with Gasteiger partial charge in [0.25, 0.3) is 0 Å². The van der Waals surface area contributed by atoms with Gasteiger partial charge in [0.2, 0.25) is 5.91 Å². The third kappa shape index (κ3) is 6.52. The van der Waals surface area contributed by atoms with Gasteiger partial charge in [-0.2, -0.15) is 0 Å². The maximum absolute atomic E-state index is 11.5. The molecule has 7 nitrogen and oxygen atoms in total. The second-order valence-electron chi connectivity index (χ2n) is 4.25. The molecule has 0 aromatic carbocycles. The monoisotopic (exact) mass is 245 g/mol. The third-order valence-corrected chi connectivity index (χ3v) is 2.11. The number of carbonyl (C=O) groups is 3. The molecule has 4 N–H and O–H groups in total. The number of nitrogens with zero attached hydrogens (tertiary/aromatic N) is 1. The summed E-state index contributed by atoms with van der Waals surface area (Å²) in [5.41, 5.74) is 4.83. The van der Waals surface area contributed by atoms with Gasteiger partial charge in [0, 0.05) is 6.54 Å². The summed E-state index contributed by atoms with van der Waals surface area (Å²) in [5, 5.41) is 10.7. The minimum absolute atomic E-state index is 0.207. The summed E-state index contributed by atoms with van der Waals surface area (Å²) < 4.78 is 0. The van der Waals surface area contributed by atoms with Gasteiger partial charge in [-0.3, -0.25) is 19.8 Å². The van der Waals surface area contributed by atoms with Gasteiger partial charge in [0.1, 0.15) is 0 Å². The van der Waals surface area contributed by atoms with Crippen molar-refractivity contribution in [2.45, 2.75) is 26.8 Å². The van der Waals surface area contributed by atoms with Crippen LogP contribution < -0.4 is 11.1 Å². The second kappa shape index (κ2) is 6.85. The Balaban J connectivity index is 4.60. The number of imide groups is 1. The number of hydrogen-bond acceptors (Lipinski definition) is 4. The van der Waals surface area contributed by atoms with Crippen molar-refractivity contribution in [3.05, 3.63) is 0 Å². The Morgan fingerprint density at radius 1 is 1.29 bits per heavy atom. The Hall–Kier alpha value is -1.63. The number of amides is 3. The van der Waals surface area contributed by atoms with E-state index in [4.69, 9.17) is 10.8 Å². The van der Waals surface area contributed by atoms with E-state index in [9.17, 15) is 14.4 Å². The molecule has 1 atom stereocenters. The Kier molecular flexibility index (Phi) is 6.19. The fraction of sp³-hybridized carbons (Fsp3) is 0.700. The number of carbonyl (C=O) groups excluding carboxylic acids is 2. The maximum atomic E-state index is 11.5. The largest absolute Gasteiger partial charge is 0.480 e. The van der Waals surface area contributed by atoms with Gasteiger partial charge in [-0.25, -0.2) is 4.79 Å². The molecular formula is C10H19N3O4. The molecule has 0 aliphatic rings. The van der Waals surface area contributed by atoms with E-state index in [2.05, 4.69) is 0 Å². The highest BCUT2D eigenvalue weighted by atomic mass is 16.4. The first-order valence-electron chi connectivity index (χ1n) is 5.30. The van der Waals surface area contributed by atoms with Crippen LogP contribution in [0.15, 0.2) is 0 Å². The van der Waals surface area contributed by atoms with Crippen molar-refractivity contribution < 1.29 is 19.5 Å². The van der Waals surface area contributed by atoms with Gasteiger partial charge in [-0.15, -0.1) is 0 Å². The van der Waals surface area contributed by atoms with Crippen LogP contribution in [0.25, 0.3) is 0 Å². The number of hydrogen-bond donors (Lipinski definition) is 3. The zero-order valence-electron chi connectivity index (χ0n) is 10.3. The lowest BCUT2D eigenvalue weighted by Crippen LogP contribution is -2.50. The van der Waals surface area contributed by atoms with Crippen LogP contribution >= 0.6 is 0 Å². The van der Waals surface area contributed by atoms with Crippen LogP contribution in [0.5, 0.6) is 0 Å². The molecule has 0 aromatic rings. The highest BCUT2D eigenvalue weighted by molar-refractivity contribution is 5.96. The van der Waals surface area contributed by atoms with E-state index in [-0.39, 0.29) is 12.5 Å². The van der Waals surface area contributed by atoms with E-state index >= 15 is 0 Å². The van der Waals surface area contributed by atoms with Crippen LogP contribution in [0.1, 0.15) is 20.8 Å². The highest BCUT2D eigenvalue weighted by Crippen LogP contribution is 2.04. The minimum atomic E-state index is -1.02. The van der Waals surface area contributed by atoms with Crippen molar-refractivity contribution in [1.29, 1.82) is 0 Å². The summed E-state index contributed by atoms with van der Waals surface area (Å²) in [5.74, 6) is -1.41. The molecule has 0 spiro atoms. The summed E-state index contributed by atoms with van der Waals surface area (Å²) in [7, 11) is 0. The Morgan fingerprint density at radius 2 is 1.82 bits per heavy atom. The number of primary amides is 1. The molecular weight excluding hydrogens is 226 g/mol. The number of carboxylic acids is 1. The summed E-state index contributed by atoms with van der Waals surface area (Å²) >= 11 is 0. The molecule has 0 rings (SSSR count). The summed E-state index contributed by atoms with van der Waals surface area (Å²) in [6.07, 6.45) is 0. The van der Waals surface area contributed by atoms with Crippen LogP contribution in [0.2, 0.25) is 0 Å². The van der Waals surface area contributed by atoms with E-state index in [0.717, 1.165) is 0 Å². The predicted octanol–water partition coefficient (Wildman–Crippen LogP) is -0.388. The second-order valence-corrected chi connectivity index (χ2v) is 4.25. The number of urea groups is 1. The van der Waals surface area contributed by atoms with Crippen LogP contribution in [-0.2, 0) is 9.59 Å². The van der Waals surface area contributed by atoms with Gasteiger partial charge < -0.3 is 10.8 Å². The number of nitrogens with one attached hydrogen (secondary N) is 1. The molecule has 7 heteroatoms. The zero-order chi connectivity index (χ0) is 13.6. The smallest absolute Gasteiger partial charge is 0.318 e. The van der Waals surface area contributed by atoms with Crippen molar-refractivity contribution in [3.63, 3.8) is 0 Å². The topological polar surface area (TPSA) is 113 Å². The lowest BCUT2D eigenvalue weighted by molar-refractivity contribution is -0.139.